The molecular formula is C11H19N3O. The average molecular weight is 209 g/mol. The first kappa shape index (κ1) is 11.8. The van der Waals surface area contributed by atoms with E-state index in [1.165, 1.54) is 0 Å². The summed E-state index contributed by atoms with van der Waals surface area (Å²) in [5.74, 6) is 2.03. The largest absolute Gasteiger partial charge is 0.481 e. The maximum Gasteiger partial charge on any atom is 0.214 e. The molecule has 4 nitrogen and oxygen atoms in total. The number of ether oxygens (including phenoxy) is 1. The van der Waals surface area contributed by atoms with E-state index >= 15 is 0 Å². The molecule has 1 aromatic rings. The molecule has 84 valence electrons. The molecule has 0 bridgehead atoms. The van der Waals surface area contributed by atoms with Crippen molar-refractivity contribution in [2.45, 2.75) is 13.3 Å². The smallest absolute Gasteiger partial charge is 0.214 e. The quantitative estimate of drug-likeness (QED) is 0.745. The lowest BCUT2D eigenvalue weighted by molar-refractivity contribution is 0.398. The van der Waals surface area contributed by atoms with Crippen LogP contribution in [0.4, 0.5) is 5.82 Å². The zero-order valence-electron chi connectivity index (χ0n) is 9.36. The lowest BCUT2D eigenvalue weighted by Gasteiger charge is -2.12. The second-order valence-corrected chi connectivity index (χ2v) is 3.63. The number of nitrogens with zero attached hydrogens (tertiary/aromatic N) is 1. The molecule has 0 amide bonds. The van der Waals surface area contributed by atoms with Crippen LogP contribution < -0.4 is 15.8 Å². The van der Waals surface area contributed by atoms with E-state index in [4.69, 9.17) is 10.5 Å². The summed E-state index contributed by atoms with van der Waals surface area (Å²) < 4.78 is 5.04. The molecule has 1 rings (SSSR count). The summed E-state index contributed by atoms with van der Waals surface area (Å²) in [6, 6.07) is 5.67. The normalized spacial score (nSPS) is 12.2. The molecule has 1 atom stereocenters. The second kappa shape index (κ2) is 6.24. The molecule has 1 heterocycles. The first-order valence-corrected chi connectivity index (χ1v) is 5.21. The number of nitrogens with two attached hydrogens (primary N) is 1. The molecule has 3 N–H and O–H groups in total. The summed E-state index contributed by atoms with van der Waals surface area (Å²) in [4.78, 5) is 4.26. The van der Waals surface area contributed by atoms with E-state index < -0.39 is 0 Å². The van der Waals surface area contributed by atoms with Crippen molar-refractivity contribution in [2.24, 2.45) is 11.7 Å². The van der Waals surface area contributed by atoms with E-state index in [0.29, 0.717) is 11.8 Å². The van der Waals surface area contributed by atoms with E-state index in [2.05, 4.69) is 17.2 Å². The zero-order chi connectivity index (χ0) is 11.1. The van der Waals surface area contributed by atoms with E-state index in [9.17, 15) is 0 Å². The molecular weight excluding hydrogens is 190 g/mol. The van der Waals surface area contributed by atoms with Crippen LogP contribution in [0.5, 0.6) is 5.88 Å². The Bertz CT molecular complexity index is 291. The van der Waals surface area contributed by atoms with Gasteiger partial charge in [0.2, 0.25) is 5.88 Å². The average Bonchev–Trinajstić information content (AvgIpc) is 2.27. The minimum atomic E-state index is 0.558. The lowest BCUT2D eigenvalue weighted by Crippen LogP contribution is -2.15. The molecule has 0 aliphatic rings. The predicted molar refractivity (Wildman–Crippen MR) is 62.1 cm³/mol. The molecule has 0 saturated carbocycles. The summed E-state index contributed by atoms with van der Waals surface area (Å²) in [5.41, 5.74) is 5.48. The minimum Gasteiger partial charge on any atom is -0.481 e. The van der Waals surface area contributed by atoms with Crippen LogP contribution in [0.3, 0.4) is 0 Å². The van der Waals surface area contributed by atoms with Gasteiger partial charge in [-0.25, -0.2) is 0 Å². The minimum absolute atomic E-state index is 0.558. The Morgan fingerprint density at radius 2 is 2.33 bits per heavy atom. The molecule has 15 heavy (non-hydrogen) atoms. The van der Waals surface area contributed by atoms with Crippen molar-refractivity contribution in [3.8, 4) is 5.88 Å². The van der Waals surface area contributed by atoms with Crippen LogP contribution in [0.2, 0.25) is 0 Å². The Balaban J connectivity index is 2.43. The van der Waals surface area contributed by atoms with Gasteiger partial charge in [-0.1, -0.05) is 13.0 Å². The van der Waals surface area contributed by atoms with Gasteiger partial charge in [0.1, 0.15) is 5.82 Å². The third-order valence-corrected chi connectivity index (χ3v) is 2.22. The van der Waals surface area contributed by atoms with E-state index in [1.807, 2.05) is 18.2 Å². The standard InChI is InChI=1S/C11H19N3O/c1-9(6-7-12)8-13-10-4-3-5-11(14-10)15-2/h3-5,9H,6-8,12H2,1-2H3,(H,13,14). The van der Waals surface area contributed by atoms with Crippen LogP contribution in [-0.2, 0) is 0 Å². The summed E-state index contributed by atoms with van der Waals surface area (Å²) in [6.07, 6.45) is 1.02. The van der Waals surface area contributed by atoms with Gasteiger partial charge in [-0.15, -0.1) is 0 Å². The van der Waals surface area contributed by atoms with Crippen LogP contribution in [-0.4, -0.2) is 25.2 Å². The molecule has 0 aromatic carbocycles. The van der Waals surface area contributed by atoms with Crippen molar-refractivity contribution >= 4 is 5.82 Å². The molecule has 0 fully saturated rings. The number of anilines is 1. The highest BCUT2D eigenvalue weighted by atomic mass is 16.5. The van der Waals surface area contributed by atoms with Gasteiger partial charge < -0.3 is 15.8 Å². The highest BCUT2D eigenvalue weighted by molar-refractivity contribution is 5.36. The van der Waals surface area contributed by atoms with Crippen LogP contribution in [0.15, 0.2) is 18.2 Å². The molecule has 0 radical (unpaired) electrons. The van der Waals surface area contributed by atoms with Crippen LogP contribution in [0, 0.1) is 5.92 Å². The van der Waals surface area contributed by atoms with Crippen molar-refractivity contribution < 1.29 is 4.74 Å². The van der Waals surface area contributed by atoms with Crippen molar-refractivity contribution in [3.63, 3.8) is 0 Å². The molecule has 0 aliphatic carbocycles. The number of hydrogen-bond acceptors (Lipinski definition) is 4. The molecule has 0 aliphatic heterocycles. The monoisotopic (exact) mass is 209 g/mol. The van der Waals surface area contributed by atoms with Gasteiger partial charge >= 0.3 is 0 Å². The summed E-state index contributed by atoms with van der Waals surface area (Å²) in [6.45, 7) is 3.78. The highest BCUT2D eigenvalue weighted by Gasteiger charge is 2.01. The molecule has 0 spiro atoms. The van der Waals surface area contributed by atoms with Crippen LogP contribution >= 0.6 is 0 Å². The van der Waals surface area contributed by atoms with Gasteiger partial charge in [0.05, 0.1) is 7.11 Å². The fraction of sp³-hybridized carbons (Fsp3) is 0.545. The lowest BCUT2D eigenvalue weighted by atomic mass is 10.1. The maximum absolute atomic E-state index is 5.48. The summed E-state index contributed by atoms with van der Waals surface area (Å²) in [5, 5.41) is 3.26. The first-order chi connectivity index (χ1) is 7.26. The highest BCUT2D eigenvalue weighted by Crippen LogP contribution is 2.11. The number of methoxy groups -OCH3 is 1. The van der Waals surface area contributed by atoms with Crippen molar-refractivity contribution in [1.29, 1.82) is 0 Å². The summed E-state index contributed by atoms with van der Waals surface area (Å²) >= 11 is 0. The molecule has 1 unspecified atom stereocenters. The van der Waals surface area contributed by atoms with Gasteiger partial charge in [0.25, 0.3) is 0 Å². The molecule has 4 heteroatoms. The van der Waals surface area contributed by atoms with Gasteiger partial charge in [-0.05, 0) is 24.9 Å². The van der Waals surface area contributed by atoms with Gasteiger partial charge in [0.15, 0.2) is 0 Å². The van der Waals surface area contributed by atoms with Crippen molar-refractivity contribution in [3.05, 3.63) is 18.2 Å². The van der Waals surface area contributed by atoms with E-state index in [1.54, 1.807) is 7.11 Å². The van der Waals surface area contributed by atoms with Crippen LogP contribution in [0.1, 0.15) is 13.3 Å². The maximum atomic E-state index is 5.48. The third-order valence-electron chi connectivity index (χ3n) is 2.22. The fourth-order valence-electron chi connectivity index (χ4n) is 1.29. The van der Waals surface area contributed by atoms with Gasteiger partial charge in [-0.3, -0.25) is 0 Å². The Hall–Kier alpha value is -1.29. The summed E-state index contributed by atoms with van der Waals surface area (Å²) in [7, 11) is 1.61. The Labute approximate surface area is 90.8 Å². The van der Waals surface area contributed by atoms with E-state index in [0.717, 1.165) is 25.3 Å². The van der Waals surface area contributed by atoms with E-state index in [-0.39, 0.29) is 0 Å². The molecule has 1 aromatic heterocycles. The molecule has 0 saturated heterocycles. The number of nitrogens with one attached hydrogen (secondary N) is 1. The third kappa shape index (κ3) is 4.16. The number of aromatic nitrogens is 1. The number of rotatable bonds is 6. The Morgan fingerprint density at radius 3 is 3.00 bits per heavy atom. The van der Waals surface area contributed by atoms with Crippen molar-refractivity contribution in [1.82, 2.24) is 4.98 Å². The number of hydrogen-bond donors (Lipinski definition) is 2. The Morgan fingerprint density at radius 1 is 1.53 bits per heavy atom. The van der Waals surface area contributed by atoms with Crippen LogP contribution in [0.25, 0.3) is 0 Å². The second-order valence-electron chi connectivity index (χ2n) is 3.63. The Kier molecular flexibility index (Phi) is 4.90. The van der Waals surface area contributed by atoms with Crippen molar-refractivity contribution in [2.75, 3.05) is 25.5 Å². The van der Waals surface area contributed by atoms with Gasteiger partial charge in [0, 0.05) is 12.6 Å². The zero-order valence-corrected chi connectivity index (χ0v) is 9.36. The SMILES string of the molecule is COc1cccc(NCC(C)CCN)n1. The fourth-order valence-corrected chi connectivity index (χ4v) is 1.29. The predicted octanol–water partition coefficient (Wildman–Crippen LogP) is 1.49. The topological polar surface area (TPSA) is 60.2 Å². The first-order valence-electron chi connectivity index (χ1n) is 5.21. The van der Waals surface area contributed by atoms with Gasteiger partial charge in [-0.2, -0.15) is 4.98 Å². The number of pyridine rings is 1.